The van der Waals surface area contributed by atoms with Crippen molar-refractivity contribution in [3.63, 3.8) is 0 Å². The van der Waals surface area contributed by atoms with Crippen LogP contribution in [0.5, 0.6) is 0 Å². The number of hydrogen-bond donors (Lipinski definition) is 1. The molecule has 1 saturated heterocycles. The van der Waals surface area contributed by atoms with Crippen LogP contribution >= 0.6 is 31.9 Å². The first kappa shape index (κ1) is 13.1. The molecule has 0 saturated carbocycles. The van der Waals surface area contributed by atoms with E-state index < -0.39 is 0 Å². The zero-order chi connectivity index (χ0) is 14.0. The Hall–Kier alpha value is -0.590. The first-order valence-corrected chi connectivity index (χ1v) is 8.53. The van der Waals surface area contributed by atoms with Gasteiger partial charge in [-0.15, -0.1) is 0 Å². The third-order valence-electron chi connectivity index (χ3n) is 4.38. The third kappa shape index (κ3) is 1.64. The maximum absolute atomic E-state index is 5.92. The van der Waals surface area contributed by atoms with Gasteiger partial charge in [-0.2, -0.15) is 0 Å². The van der Waals surface area contributed by atoms with Crippen molar-refractivity contribution < 1.29 is 0 Å². The zero-order valence-corrected chi connectivity index (χ0v) is 14.5. The topological polar surface area (TPSA) is 47.1 Å². The average molecular weight is 400 g/mol. The molecular formula is C14H16Br2N4. The number of aryl methyl sites for hydroxylation is 3. The van der Waals surface area contributed by atoms with Crippen LogP contribution in [0, 0.1) is 6.92 Å². The summed E-state index contributed by atoms with van der Waals surface area (Å²) in [5.74, 6) is 1.09. The largest absolute Gasteiger partial charge is 0.339 e. The smallest absolute Gasteiger partial charge is 0.206 e. The molecule has 0 bridgehead atoms. The summed E-state index contributed by atoms with van der Waals surface area (Å²) >= 11 is 7.44. The molecule has 4 rings (SSSR count). The highest BCUT2D eigenvalue weighted by molar-refractivity contribution is 9.13. The molecule has 0 atom stereocenters. The summed E-state index contributed by atoms with van der Waals surface area (Å²) in [5.41, 5.74) is 10.9. The molecule has 2 N–H and O–H groups in total. The van der Waals surface area contributed by atoms with Crippen LogP contribution < -0.4 is 10.6 Å². The van der Waals surface area contributed by atoms with Gasteiger partial charge in [0.1, 0.15) is 0 Å². The van der Waals surface area contributed by atoms with Crippen LogP contribution in [-0.2, 0) is 13.0 Å². The number of rotatable bonds is 1. The second-order valence-corrected chi connectivity index (χ2v) is 7.35. The number of anilines is 1. The van der Waals surface area contributed by atoms with Gasteiger partial charge in [0.05, 0.1) is 11.0 Å². The van der Waals surface area contributed by atoms with Crippen molar-refractivity contribution >= 4 is 48.8 Å². The molecule has 6 heteroatoms. The van der Waals surface area contributed by atoms with Crippen LogP contribution in [0.1, 0.15) is 17.5 Å². The molecule has 2 aromatic rings. The maximum Gasteiger partial charge on any atom is 0.206 e. The molecule has 1 aromatic heterocycles. The van der Waals surface area contributed by atoms with Crippen LogP contribution in [0.2, 0.25) is 0 Å². The molecule has 1 aromatic carbocycles. The molecule has 0 aliphatic carbocycles. The SMILES string of the molecule is Cc1c(Br)c(Br)c2c3c1nc(N1CC(N)C1)n3CCC2. The highest BCUT2D eigenvalue weighted by Crippen LogP contribution is 2.41. The highest BCUT2D eigenvalue weighted by Gasteiger charge is 2.31. The quantitative estimate of drug-likeness (QED) is 0.801. The minimum atomic E-state index is 0.297. The van der Waals surface area contributed by atoms with Crippen molar-refractivity contribution in [3.8, 4) is 0 Å². The van der Waals surface area contributed by atoms with E-state index in [0.717, 1.165) is 42.0 Å². The van der Waals surface area contributed by atoms with E-state index in [9.17, 15) is 0 Å². The third-order valence-corrected chi connectivity index (χ3v) is 6.77. The average Bonchev–Trinajstić information content (AvgIpc) is 2.79. The maximum atomic E-state index is 5.92. The van der Waals surface area contributed by atoms with Crippen molar-refractivity contribution in [3.05, 3.63) is 20.1 Å². The van der Waals surface area contributed by atoms with E-state index in [4.69, 9.17) is 10.7 Å². The number of nitrogens with two attached hydrogens (primary N) is 1. The van der Waals surface area contributed by atoms with Crippen LogP contribution in [0.25, 0.3) is 11.0 Å². The molecule has 106 valence electrons. The normalized spacial score (nSPS) is 18.7. The molecule has 1 fully saturated rings. The van der Waals surface area contributed by atoms with E-state index in [2.05, 4.69) is 48.3 Å². The molecule has 0 unspecified atom stereocenters. The van der Waals surface area contributed by atoms with Crippen LogP contribution in [0.3, 0.4) is 0 Å². The monoisotopic (exact) mass is 398 g/mol. The van der Waals surface area contributed by atoms with Gasteiger partial charge in [0.25, 0.3) is 0 Å². The Morgan fingerprint density at radius 1 is 1.25 bits per heavy atom. The Kier molecular flexibility index (Phi) is 2.91. The molecule has 3 heterocycles. The van der Waals surface area contributed by atoms with Crippen LogP contribution in [-0.4, -0.2) is 28.7 Å². The standard InChI is InChI=1S/C14H16Br2N4/c1-7-10(15)11(16)9-3-2-4-20-13(9)12(7)18-14(20)19-5-8(17)6-19/h8H,2-6,17H2,1H3. The first-order chi connectivity index (χ1) is 9.58. The minimum Gasteiger partial charge on any atom is -0.339 e. The van der Waals surface area contributed by atoms with Gasteiger partial charge in [-0.1, -0.05) is 0 Å². The summed E-state index contributed by atoms with van der Waals surface area (Å²) in [7, 11) is 0. The van der Waals surface area contributed by atoms with Gasteiger partial charge < -0.3 is 15.2 Å². The van der Waals surface area contributed by atoms with Gasteiger partial charge in [-0.05, 0) is 62.8 Å². The Labute approximate surface area is 134 Å². The number of nitrogens with zero attached hydrogens (tertiary/aromatic N) is 3. The number of halogens is 2. The zero-order valence-electron chi connectivity index (χ0n) is 11.3. The van der Waals surface area contributed by atoms with E-state index in [-0.39, 0.29) is 0 Å². The predicted octanol–water partition coefficient (Wildman–Crippen LogP) is 2.96. The minimum absolute atomic E-state index is 0.297. The molecule has 20 heavy (non-hydrogen) atoms. The molecular weight excluding hydrogens is 384 g/mol. The lowest BCUT2D eigenvalue weighted by Gasteiger charge is -2.38. The summed E-state index contributed by atoms with van der Waals surface area (Å²) in [4.78, 5) is 7.22. The van der Waals surface area contributed by atoms with Crippen LogP contribution in [0.15, 0.2) is 8.95 Å². The molecule has 2 aliphatic rings. The Morgan fingerprint density at radius 3 is 2.70 bits per heavy atom. The fraction of sp³-hybridized carbons (Fsp3) is 0.500. The second kappa shape index (κ2) is 4.45. The van der Waals surface area contributed by atoms with E-state index >= 15 is 0 Å². The molecule has 2 aliphatic heterocycles. The van der Waals surface area contributed by atoms with Crippen LogP contribution in [0.4, 0.5) is 5.95 Å². The van der Waals surface area contributed by atoms with Crippen molar-refractivity contribution in [2.24, 2.45) is 5.73 Å². The number of aromatic nitrogens is 2. The Morgan fingerprint density at radius 2 is 2.00 bits per heavy atom. The summed E-state index contributed by atoms with van der Waals surface area (Å²) in [6.07, 6.45) is 2.28. The highest BCUT2D eigenvalue weighted by atomic mass is 79.9. The summed E-state index contributed by atoms with van der Waals surface area (Å²) < 4.78 is 4.71. The van der Waals surface area contributed by atoms with Crippen molar-refractivity contribution in [2.75, 3.05) is 18.0 Å². The van der Waals surface area contributed by atoms with Crippen molar-refractivity contribution in [2.45, 2.75) is 32.4 Å². The lowest BCUT2D eigenvalue weighted by atomic mass is 10.0. The molecule has 4 nitrogen and oxygen atoms in total. The van der Waals surface area contributed by atoms with Crippen molar-refractivity contribution in [1.29, 1.82) is 0 Å². The summed E-state index contributed by atoms with van der Waals surface area (Å²) in [5, 5.41) is 0. The Bertz CT molecular complexity index is 716. The van der Waals surface area contributed by atoms with E-state index in [1.807, 2.05) is 0 Å². The lowest BCUT2D eigenvalue weighted by Crippen LogP contribution is -2.56. The van der Waals surface area contributed by atoms with Gasteiger partial charge in [0, 0.05) is 34.6 Å². The molecule has 0 radical (unpaired) electrons. The number of imidazole rings is 1. The fourth-order valence-corrected chi connectivity index (χ4v) is 4.40. The lowest BCUT2D eigenvalue weighted by molar-refractivity contribution is 0.493. The second-order valence-electron chi connectivity index (χ2n) is 5.76. The molecule has 0 amide bonds. The summed E-state index contributed by atoms with van der Waals surface area (Å²) in [6.45, 7) is 5.02. The number of hydrogen-bond acceptors (Lipinski definition) is 3. The van der Waals surface area contributed by atoms with Gasteiger partial charge in [0.15, 0.2) is 0 Å². The van der Waals surface area contributed by atoms with Gasteiger partial charge in [-0.3, -0.25) is 0 Å². The van der Waals surface area contributed by atoms with Gasteiger partial charge in [-0.25, -0.2) is 4.98 Å². The van der Waals surface area contributed by atoms with Crippen molar-refractivity contribution in [1.82, 2.24) is 9.55 Å². The van der Waals surface area contributed by atoms with E-state index in [1.54, 1.807) is 0 Å². The Balaban J connectivity index is 2.01. The van der Waals surface area contributed by atoms with E-state index in [1.165, 1.54) is 27.5 Å². The molecule has 0 spiro atoms. The van der Waals surface area contributed by atoms with Gasteiger partial charge >= 0.3 is 0 Å². The first-order valence-electron chi connectivity index (χ1n) is 6.95. The summed E-state index contributed by atoms with van der Waals surface area (Å²) in [6, 6.07) is 0.297. The predicted molar refractivity (Wildman–Crippen MR) is 88.4 cm³/mol. The fourth-order valence-electron chi connectivity index (χ4n) is 3.28. The van der Waals surface area contributed by atoms with E-state index in [0.29, 0.717) is 6.04 Å². The number of benzene rings is 1. The van der Waals surface area contributed by atoms with Gasteiger partial charge in [0.2, 0.25) is 5.95 Å².